The summed E-state index contributed by atoms with van der Waals surface area (Å²) in [6.07, 6.45) is 2.82. The van der Waals surface area contributed by atoms with Crippen molar-refractivity contribution in [2.45, 2.75) is 38.8 Å². The molecular formula is C15H21FN2O. The van der Waals surface area contributed by atoms with Crippen LogP contribution >= 0.6 is 0 Å². The largest absolute Gasteiger partial charge is 0.338 e. The first-order chi connectivity index (χ1) is 9.11. The Kier molecular flexibility index (Phi) is 4.53. The summed E-state index contributed by atoms with van der Waals surface area (Å²) >= 11 is 0. The molecule has 3 nitrogen and oxygen atoms in total. The van der Waals surface area contributed by atoms with E-state index in [0.29, 0.717) is 13.1 Å². The average molecular weight is 264 g/mol. The fourth-order valence-corrected chi connectivity index (χ4v) is 2.73. The summed E-state index contributed by atoms with van der Waals surface area (Å²) in [7, 11) is 0. The molecule has 0 bridgehead atoms. The van der Waals surface area contributed by atoms with Crippen LogP contribution in [0.3, 0.4) is 0 Å². The highest BCUT2D eigenvalue weighted by molar-refractivity contribution is 5.79. The molecule has 1 aliphatic rings. The van der Waals surface area contributed by atoms with Crippen molar-refractivity contribution < 1.29 is 9.18 Å². The van der Waals surface area contributed by atoms with Crippen molar-refractivity contribution in [3.8, 4) is 0 Å². The number of rotatable bonds is 4. The summed E-state index contributed by atoms with van der Waals surface area (Å²) in [6, 6.07) is 6.38. The molecule has 4 heteroatoms. The van der Waals surface area contributed by atoms with Crippen LogP contribution in [-0.2, 0) is 11.3 Å². The van der Waals surface area contributed by atoms with E-state index in [1.54, 1.807) is 11.0 Å². The zero-order valence-corrected chi connectivity index (χ0v) is 11.3. The third-order valence-corrected chi connectivity index (χ3v) is 3.84. The zero-order valence-electron chi connectivity index (χ0n) is 11.3. The van der Waals surface area contributed by atoms with E-state index in [0.717, 1.165) is 24.8 Å². The van der Waals surface area contributed by atoms with Gasteiger partial charge in [0.1, 0.15) is 5.82 Å². The molecule has 0 saturated heterocycles. The minimum atomic E-state index is -0.265. The molecule has 0 heterocycles. The van der Waals surface area contributed by atoms with Crippen LogP contribution in [0.1, 0.15) is 31.7 Å². The molecule has 1 aromatic carbocycles. The molecule has 0 radical (unpaired) electrons. The lowest BCUT2D eigenvalue weighted by molar-refractivity contribution is -0.136. The first-order valence-corrected chi connectivity index (χ1v) is 6.90. The van der Waals surface area contributed by atoms with Crippen molar-refractivity contribution in [1.29, 1.82) is 0 Å². The van der Waals surface area contributed by atoms with Gasteiger partial charge in [0.2, 0.25) is 5.91 Å². The Balaban J connectivity index is 2.05. The van der Waals surface area contributed by atoms with Gasteiger partial charge in [-0.15, -0.1) is 0 Å². The second kappa shape index (κ2) is 6.15. The van der Waals surface area contributed by atoms with Crippen LogP contribution in [0.4, 0.5) is 4.39 Å². The van der Waals surface area contributed by atoms with Gasteiger partial charge in [0.15, 0.2) is 0 Å². The minimum Gasteiger partial charge on any atom is -0.338 e. The van der Waals surface area contributed by atoms with Crippen LogP contribution in [0, 0.1) is 11.7 Å². The van der Waals surface area contributed by atoms with E-state index in [1.807, 2.05) is 13.0 Å². The van der Waals surface area contributed by atoms with E-state index in [2.05, 4.69) is 0 Å². The summed E-state index contributed by atoms with van der Waals surface area (Å²) in [5.74, 6) is -0.219. The average Bonchev–Trinajstić information content (AvgIpc) is 2.81. The maximum absolute atomic E-state index is 13.2. The minimum absolute atomic E-state index is 0.0194. The molecule has 2 N–H and O–H groups in total. The lowest BCUT2D eigenvalue weighted by atomic mass is 10.0. The third kappa shape index (κ3) is 3.32. The van der Waals surface area contributed by atoms with Crippen LogP contribution in [0.2, 0.25) is 0 Å². The first-order valence-electron chi connectivity index (χ1n) is 6.90. The molecule has 1 saturated carbocycles. The van der Waals surface area contributed by atoms with Crippen molar-refractivity contribution in [3.05, 3.63) is 35.6 Å². The van der Waals surface area contributed by atoms with Crippen LogP contribution in [0.15, 0.2) is 24.3 Å². The van der Waals surface area contributed by atoms with Crippen LogP contribution in [0.5, 0.6) is 0 Å². The summed E-state index contributed by atoms with van der Waals surface area (Å²) in [5, 5.41) is 0. The quantitative estimate of drug-likeness (QED) is 0.907. The van der Waals surface area contributed by atoms with Gasteiger partial charge in [0, 0.05) is 19.1 Å². The molecule has 1 amide bonds. The normalized spacial score (nSPS) is 22.5. The first kappa shape index (κ1) is 14.0. The van der Waals surface area contributed by atoms with Gasteiger partial charge in [0.25, 0.3) is 0 Å². The molecule has 0 unspecified atom stereocenters. The number of carbonyl (C=O) groups is 1. The Morgan fingerprint density at radius 1 is 1.47 bits per heavy atom. The van der Waals surface area contributed by atoms with Crippen molar-refractivity contribution >= 4 is 5.91 Å². The molecule has 19 heavy (non-hydrogen) atoms. The molecule has 1 aromatic rings. The standard InChI is InChI=1S/C15H21FN2O/c1-2-18(10-11-5-3-6-12(16)9-11)15(19)13-7-4-8-14(13)17/h3,5-6,9,13-14H,2,4,7-8,10,17H2,1H3/t13-,14-/m0/s1. The number of hydrogen-bond acceptors (Lipinski definition) is 2. The van der Waals surface area contributed by atoms with E-state index in [9.17, 15) is 9.18 Å². The Morgan fingerprint density at radius 3 is 2.84 bits per heavy atom. The van der Waals surface area contributed by atoms with Crippen LogP contribution < -0.4 is 5.73 Å². The molecule has 1 fully saturated rings. The van der Waals surface area contributed by atoms with Crippen molar-refractivity contribution in [1.82, 2.24) is 4.90 Å². The van der Waals surface area contributed by atoms with Gasteiger partial charge < -0.3 is 10.6 Å². The molecule has 0 aliphatic heterocycles. The summed E-state index contributed by atoms with van der Waals surface area (Å²) in [5.41, 5.74) is 6.80. The monoisotopic (exact) mass is 264 g/mol. The highest BCUT2D eigenvalue weighted by Crippen LogP contribution is 2.26. The van der Waals surface area contributed by atoms with E-state index in [1.165, 1.54) is 12.1 Å². The van der Waals surface area contributed by atoms with Gasteiger partial charge in [-0.2, -0.15) is 0 Å². The maximum atomic E-state index is 13.2. The molecule has 1 aliphatic carbocycles. The fraction of sp³-hybridized carbons (Fsp3) is 0.533. The summed E-state index contributed by atoms with van der Waals surface area (Å²) in [4.78, 5) is 14.2. The fourth-order valence-electron chi connectivity index (χ4n) is 2.73. The molecule has 0 aromatic heterocycles. The smallest absolute Gasteiger partial charge is 0.227 e. The van der Waals surface area contributed by atoms with Gasteiger partial charge in [-0.3, -0.25) is 4.79 Å². The number of amides is 1. The van der Waals surface area contributed by atoms with E-state index < -0.39 is 0 Å². The second-order valence-electron chi connectivity index (χ2n) is 5.18. The van der Waals surface area contributed by atoms with Crippen molar-refractivity contribution in [3.63, 3.8) is 0 Å². The Labute approximate surface area is 113 Å². The predicted octanol–water partition coefficient (Wildman–Crippen LogP) is 2.30. The van der Waals surface area contributed by atoms with Crippen LogP contribution in [0.25, 0.3) is 0 Å². The molecule has 0 spiro atoms. The number of benzene rings is 1. The topological polar surface area (TPSA) is 46.3 Å². The lowest BCUT2D eigenvalue weighted by Crippen LogP contribution is -2.41. The SMILES string of the molecule is CCN(Cc1cccc(F)c1)C(=O)[C@H]1CCC[C@@H]1N. The highest BCUT2D eigenvalue weighted by Gasteiger charge is 2.32. The van der Waals surface area contributed by atoms with Gasteiger partial charge in [0.05, 0.1) is 5.92 Å². The van der Waals surface area contributed by atoms with Gasteiger partial charge in [-0.25, -0.2) is 4.39 Å². The van der Waals surface area contributed by atoms with Crippen molar-refractivity contribution in [2.75, 3.05) is 6.54 Å². The van der Waals surface area contributed by atoms with E-state index in [4.69, 9.17) is 5.73 Å². The number of hydrogen-bond donors (Lipinski definition) is 1. The highest BCUT2D eigenvalue weighted by atomic mass is 19.1. The number of halogens is 1. The van der Waals surface area contributed by atoms with E-state index in [-0.39, 0.29) is 23.7 Å². The summed E-state index contributed by atoms with van der Waals surface area (Å²) < 4.78 is 13.2. The summed E-state index contributed by atoms with van der Waals surface area (Å²) in [6.45, 7) is 3.02. The molecule has 104 valence electrons. The van der Waals surface area contributed by atoms with Gasteiger partial charge >= 0.3 is 0 Å². The maximum Gasteiger partial charge on any atom is 0.227 e. The Morgan fingerprint density at radius 2 is 2.26 bits per heavy atom. The Bertz CT molecular complexity index is 450. The molecular weight excluding hydrogens is 243 g/mol. The van der Waals surface area contributed by atoms with Crippen molar-refractivity contribution in [2.24, 2.45) is 11.7 Å². The lowest BCUT2D eigenvalue weighted by Gasteiger charge is -2.26. The van der Waals surface area contributed by atoms with E-state index >= 15 is 0 Å². The third-order valence-electron chi connectivity index (χ3n) is 3.84. The van der Waals surface area contributed by atoms with Gasteiger partial charge in [-0.1, -0.05) is 18.6 Å². The number of carbonyl (C=O) groups excluding carboxylic acids is 1. The molecule has 2 rings (SSSR count). The van der Waals surface area contributed by atoms with Crippen LogP contribution in [-0.4, -0.2) is 23.4 Å². The number of nitrogens with zero attached hydrogens (tertiary/aromatic N) is 1. The van der Waals surface area contributed by atoms with Gasteiger partial charge in [-0.05, 0) is 37.5 Å². The molecule has 2 atom stereocenters. The number of nitrogens with two attached hydrogens (primary N) is 1. The zero-order chi connectivity index (χ0) is 13.8. The second-order valence-corrected chi connectivity index (χ2v) is 5.18. The predicted molar refractivity (Wildman–Crippen MR) is 72.8 cm³/mol. The Hall–Kier alpha value is -1.42.